The lowest BCUT2D eigenvalue weighted by Crippen LogP contribution is -2.12. The first-order valence-electron chi connectivity index (χ1n) is 7.84. The number of para-hydroxylation sites is 1. The van der Waals surface area contributed by atoms with Gasteiger partial charge in [0.05, 0.1) is 24.1 Å². The van der Waals surface area contributed by atoms with E-state index in [-0.39, 0.29) is 22.6 Å². The van der Waals surface area contributed by atoms with Crippen molar-refractivity contribution in [3.8, 4) is 16.9 Å². The average molecular weight is 378 g/mol. The number of esters is 1. The molecule has 0 amide bonds. The van der Waals surface area contributed by atoms with Gasteiger partial charge in [0.1, 0.15) is 17.1 Å². The summed E-state index contributed by atoms with van der Waals surface area (Å²) in [5.41, 5.74) is -0.433. The van der Waals surface area contributed by atoms with Crippen LogP contribution in [0.3, 0.4) is 0 Å². The molecule has 0 unspecified atom stereocenters. The van der Waals surface area contributed by atoms with Crippen LogP contribution in [0.4, 0.5) is 17.6 Å². The minimum atomic E-state index is -4.60. The topological polar surface area (TPSA) is 44.1 Å². The third-order valence-electron chi connectivity index (χ3n) is 4.06. The van der Waals surface area contributed by atoms with Crippen molar-refractivity contribution in [2.75, 3.05) is 7.11 Å². The Morgan fingerprint density at radius 3 is 2.30 bits per heavy atom. The maximum Gasteiger partial charge on any atom is 0.418 e. The molecule has 3 aromatic rings. The fraction of sp³-hybridized carbons (Fsp3) is 0.158. The molecule has 0 N–H and O–H groups in total. The van der Waals surface area contributed by atoms with E-state index in [1.807, 2.05) is 0 Å². The van der Waals surface area contributed by atoms with E-state index in [0.717, 1.165) is 17.9 Å². The van der Waals surface area contributed by atoms with Gasteiger partial charge in [-0.3, -0.25) is 0 Å². The highest BCUT2D eigenvalue weighted by Crippen LogP contribution is 2.35. The minimum Gasteiger partial charge on any atom is -0.465 e. The van der Waals surface area contributed by atoms with Crippen LogP contribution in [-0.4, -0.2) is 22.9 Å². The average Bonchev–Trinajstić information content (AvgIpc) is 2.98. The molecule has 0 aliphatic heterocycles. The third-order valence-corrected chi connectivity index (χ3v) is 4.06. The SMILES string of the molecule is COC(=O)c1c(-c2ccc(F)cc2)nn(-c2ccccc2C(F)(F)F)c1C. The Bertz CT molecular complexity index is 992. The first kappa shape index (κ1) is 18.6. The first-order valence-corrected chi connectivity index (χ1v) is 7.84. The summed E-state index contributed by atoms with van der Waals surface area (Å²) in [6.07, 6.45) is -4.60. The number of carbonyl (C=O) groups excluding carboxylic acids is 1. The van der Waals surface area contributed by atoms with E-state index in [1.54, 1.807) is 0 Å². The van der Waals surface area contributed by atoms with Gasteiger partial charge in [-0.2, -0.15) is 18.3 Å². The monoisotopic (exact) mass is 378 g/mol. The van der Waals surface area contributed by atoms with Crippen molar-refractivity contribution in [1.82, 2.24) is 9.78 Å². The van der Waals surface area contributed by atoms with Gasteiger partial charge in [0.25, 0.3) is 0 Å². The zero-order valence-corrected chi connectivity index (χ0v) is 14.3. The molecule has 0 atom stereocenters. The van der Waals surface area contributed by atoms with Crippen molar-refractivity contribution in [2.45, 2.75) is 13.1 Å². The summed E-state index contributed by atoms with van der Waals surface area (Å²) in [6.45, 7) is 1.47. The molecule has 0 spiro atoms. The lowest BCUT2D eigenvalue weighted by atomic mass is 10.1. The Hall–Kier alpha value is -3.16. The summed E-state index contributed by atoms with van der Waals surface area (Å²) in [7, 11) is 1.16. The van der Waals surface area contributed by atoms with Crippen LogP contribution in [0, 0.1) is 12.7 Å². The Balaban J connectivity index is 2.28. The number of hydrogen-bond donors (Lipinski definition) is 0. The Morgan fingerprint density at radius 1 is 1.07 bits per heavy atom. The molecule has 0 fully saturated rings. The fourth-order valence-electron chi connectivity index (χ4n) is 2.79. The lowest BCUT2D eigenvalue weighted by molar-refractivity contribution is -0.137. The molecule has 0 saturated carbocycles. The summed E-state index contributed by atoms with van der Waals surface area (Å²) in [5, 5.41) is 4.22. The molecule has 0 aliphatic carbocycles. The van der Waals surface area contributed by atoms with Crippen LogP contribution in [0.1, 0.15) is 21.6 Å². The lowest BCUT2D eigenvalue weighted by Gasteiger charge is -2.13. The summed E-state index contributed by atoms with van der Waals surface area (Å²) >= 11 is 0. The molecule has 1 heterocycles. The maximum absolute atomic E-state index is 13.4. The number of benzene rings is 2. The van der Waals surface area contributed by atoms with Crippen LogP contribution in [0.15, 0.2) is 48.5 Å². The number of ether oxygens (including phenoxy) is 1. The summed E-state index contributed by atoms with van der Waals surface area (Å²) < 4.78 is 59.2. The van der Waals surface area contributed by atoms with Crippen LogP contribution in [0.25, 0.3) is 16.9 Å². The van der Waals surface area contributed by atoms with Gasteiger partial charge < -0.3 is 4.74 Å². The quantitative estimate of drug-likeness (QED) is 0.486. The number of carbonyl (C=O) groups is 1. The molecule has 140 valence electrons. The Kier molecular flexibility index (Phi) is 4.73. The number of nitrogens with zero attached hydrogens (tertiary/aromatic N) is 2. The standard InChI is InChI=1S/C19H14F4N2O2/c1-11-16(18(26)27-2)17(12-7-9-13(20)10-8-12)24-25(11)15-6-4-3-5-14(15)19(21,22)23/h3-10H,1-2H3. The third kappa shape index (κ3) is 3.42. The van der Waals surface area contributed by atoms with Crippen molar-refractivity contribution in [3.63, 3.8) is 0 Å². The predicted molar refractivity (Wildman–Crippen MR) is 90.0 cm³/mol. The first-order chi connectivity index (χ1) is 12.7. The zero-order valence-electron chi connectivity index (χ0n) is 14.3. The van der Waals surface area contributed by atoms with Crippen molar-refractivity contribution in [3.05, 3.63) is 71.2 Å². The van der Waals surface area contributed by atoms with Crippen molar-refractivity contribution in [1.29, 1.82) is 0 Å². The molecule has 4 nitrogen and oxygen atoms in total. The van der Waals surface area contributed by atoms with Crippen LogP contribution in [0.2, 0.25) is 0 Å². The normalized spacial score (nSPS) is 11.5. The molecular weight excluding hydrogens is 364 g/mol. The molecule has 0 aliphatic rings. The van der Waals surface area contributed by atoms with E-state index < -0.39 is 23.5 Å². The van der Waals surface area contributed by atoms with Crippen molar-refractivity contribution >= 4 is 5.97 Å². The molecule has 1 aromatic heterocycles. The molecule has 0 saturated heterocycles. The van der Waals surface area contributed by atoms with Crippen LogP contribution in [0.5, 0.6) is 0 Å². The summed E-state index contributed by atoms with van der Waals surface area (Å²) in [4.78, 5) is 12.2. The molecule has 8 heteroatoms. The molecule has 27 heavy (non-hydrogen) atoms. The van der Waals surface area contributed by atoms with Gasteiger partial charge >= 0.3 is 12.1 Å². The number of hydrogen-bond acceptors (Lipinski definition) is 3. The number of aromatic nitrogens is 2. The Morgan fingerprint density at radius 2 is 1.70 bits per heavy atom. The number of halogens is 4. The molecule has 2 aromatic carbocycles. The van der Waals surface area contributed by atoms with Crippen molar-refractivity contribution in [2.24, 2.45) is 0 Å². The largest absolute Gasteiger partial charge is 0.465 e. The highest BCUT2D eigenvalue weighted by Gasteiger charge is 2.35. The second kappa shape index (κ2) is 6.86. The Labute approximate surface area is 152 Å². The van der Waals surface area contributed by atoms with Gasteiger partial charge in [-0.15, -0.1) is 0 Å². The van der Waals surface area contributed by atoms with E-state index in [2.05, 4.69) is 5.10 Å². The smallest absolute Gasteiger partial charge is 0.418 e. The zero-order chi connectivity index (χ0) is 19.8. The molecule has 0 bridgehead atoms. The molecule has 0 radical (unpaired) electrons. The molecular formula is C19H14F4N2O2. The second-order valence-corrected chi connectivity index (χ2v) is 5.73. The van der Waals surface area contributed by atoms with Gasteiger partial charge in [-0.05, 0) is 43.3 Å². The van der Waals surface area contributed by atoms with Gasteiger partial charge in [0.15, 0.2) is 0 Å². The number of alkyl halides is 3. The maximum atomic E-state index is 13.4. The van der Waals surface area contributed by atoms with Gasteiger partial charge in [0, 0.05) is 5.56 Å². The van der Waals surface area contributed by atoms with E-state index >= 15 is 0 Å². The van der Waals surface area contributed by atoms with E-state index in [1.165, 1.54) is 49.4 Å². The predicted octanol–water partition coefficient (Wildman–Crippen LogP) is 4.79. The summed E-state index contributed by atoms with van der Waals surface area (Å²) in [6, 6.07) is 10.1. The van der Waals surface area contributed by atoms with Gasteiger partial charge in [-0.1, -0.05) is 12.1 Å². The minimum absolute atomic E-state index is 0.0149. The molecule has 3 rings (SSSR count). The van der Waals surface area contributed by atoms with Crippen LogP contribution in [-0.2, 0) is 10.9 Å². The van der Waals surface area contributed by atoms with E-state index in [0.29, 0.717) is 5.56 Å². The van der Waals surface area contributed by atoms with Crippen molar-refractivity contribution < 1.29 is 27.1 Å². The highest BCUT2D eigenvalue weighted by atomic mass is 19.4. The fourth-order valence-corrected chi connectivity index (χ4v) is 2.79. The highest BCUT2D eigenvalue weighted by molar-refractivity contribution is 5.97. The van der Waals surface area contributed by atoms with Gasteiger partial charge in [-0.25, -0.2) is 13.9 Å². The number of rotatable bonds is 3. The van der Waals surface area contributed by atoms with Gasteiger partial charge in [0.2, 0.25) is 0 Å². The van der Waals surface area contributed by atoms with Crippen LogP contribution >= 0.6 is 0 Å². The summed E-state index contributed by atoms with van der Waals surface area (Å²) in [5.74, 6) is -1.24. The second-order valence-electron chi connectivity index (χ2n) is 5.73. The number of methoxy groups -OCH3 is 1. The van der Waals surface area contributed by atoms with E-state index in [9.17, 15) is 22.4 Å². The van der Waals surface area contributed by atoms with E-state index in [4.69, 9.17) is 4.74 Å². The van der Waals surface area contributed by atoms with Crippen LogP contribution < -0.4 is 0 Å².